The van der Waals surface area contributed by atoms with E-state index in [0.717, 1.165) is 38.4 Å². The number of nitrogens with zero attached hydrogens (tertiary/aromatic N) is 2. The molecule has 0 aliphatic rings. The van der Waals surface area contributed by atoms with E-state index in [-0.39, 0.29) is 6.61 Å². The minimum Gasteiger partial charge on any atom is -0.497 e. The van der Waals surface area contributed by atoms with E-state index < -0.39 is 0 Å². The fraction of sp³-hybridized carbons (Fsp3) is 0.188. The molecule has 21 heavy (non-hydrogen) atoms. The Morgan fingerprint density at radius 1 is 1.29 bits per heavy atom. The van der Waals surface area contributed by atoms with E-state index in [1.54, 1.807) is 7.11 Å². The number of aromatic nitrogens is 2. The number of aliphatic hydroxyl groups is 1. The molecule has 0 bridgehead atoms. The number of aliphatic hydroxyl groups excluding tert-OH is 1. The van der Waals surface area contributed by atoms with Gasteiger partial charge in [0.15, 0.2) is 5.65 Å². The molecule has 0 saturated heterocycles. The number of methoxy groups -OCH3 is 1. The highest BCUT2D eigenvalue weighted by atomic mass is 79.9. The fourth-order valence-electron chi connectivity index (χ4n) is 2.41. The van der Waals surface area contributed by atoms with E-state index in [1.165, 1.54) is 0 Å². The number of ether oxygens (including phenoxy) is 1. The van der Waals surface area contributed by atoms with Gasteiger partial charge < -0.3 is 9.84 Å². The third-order valence-electron chi connectivity index (χ3n) is 3.42. The highest BCUT2D eigenvalue weighted by molar-refractivity contribution is 9.10. The number of fused-ring (bicyclic) bond motifs is 1. The molecular formula is C16H15BrN2O2. The lowest BCUT2D eigenvalue weighted by atomic mass is 10.1. The first-order chi connectivity index (χ1) is 10.1. The fourth-order valence-corrected chi connectivity index (χ4v) is 3.05. The molecule has 0 atom stereocenters. The molecular weight excluding hydrogens is 332 g/mol. The lowest BCUT2D eigenvalue weighted by molar-refractivity contribution is 0.276. The molecule has 0 radical (unpaired) electrons. The zero-order valence-electron chi connectivity index (χ0n) is 11.8. The first kappa shape index (κ1) is 14.1. The number of rotatable bonds is 3. The Kier molecular flexibility index (Phi) is 3.69. The maximum absolute atomic E-state index is 9.75. The summed E-state index contributed by atoms with van der Waals surface area (Å²) >= 11 is 3.53. The summed E-state index contributed by atoms with van der Waals surface area (Å²) in [5.74, 6) is 0.796. The molecule has 0 unspecified atom stereocenters. The number of hydrogen-bond donors (Lipinski definition) is 1. The van der Waals surface area contributed by atoms with E-state index in [0.29, 0.717) is 0 Å². The van der Waals surface area contributed by atoms with Crippen molar-refractivity contribution in [2.24, 2.45) is 0 Å². The number of imidazole rings is 1. The minimum atomic E-state index is -0.0710. The van der Waals surface area contributed by atoms with Crippen molar-refractivity contribution in [3.05, 3.63) is 52.3 Å². The van der Waals surface area contributed by atoms with Crippen molar-refractivity contribution in [1.82, 2.24) is 9.38 Å². The van der Waals surface area contributed by atoms with Crippen LogP contribution in [0.15, 0.2) is 41.0 Å². The molecule has 0 aliphatic carbocycles. The molecule has 0 aliphatic heterocycles. The molecule has 2 aromatic heterocycles. The van der Waals surface area contributed by atoms with Crippen LogP contribution in [0.5, 0.6) is 5.75 Å². The van der Waals surface area contributed by atoms with E-state index in [2.05, 4.69) is 20.9 Å². The Morgan fingerprint density at radius 3 is 2.62 bits per heavy atom. The van der Waals surface area contributed by atoms with Gasteiger partial charge >= 0.3 is 0 Å². The summed E-state index contributed by atoms with van der Waals surface area (Å²) in [6.07, 6.45) is 1.98. The van der Waals surface area contributed by atoms with Crippen LogP contribution in [0.1, 0.15) is 11.3 Å². The molecule has 0 spiro atoms. The van der Waals surface area contributed by atoms with Crippen LogP contribution in [-0.2, 0) is 6.61 Å². The number of benzene rings is 1. The topological polar surface area (TPSA) is 46.8 Å². The van der Waals surface area contributed by atoms with E-state index in [9.17, 15) is 5.11 Å². The van der Waals surface area contributed by atoms with Crippen molar-refractivity contribution < 1.29 is 9.84 Å². The summed E-state index contributed by atoms with van der Waals surface area (Å²) in [4.78, 5) is 4.67. The van der Waals surface area contributed by atoms with Crippen molar-refractivity contribution in [3.8, 4) is 17.0 Å². The smallest absolute Gasteiger partial charge is 0.152 e. The van der Waals surface area contributed by atoms with Gasteiger partial charge in [0.05, 0.1) is 29.6 Å². The molecule has 0 amide bonds. The third-order valence-corrected chi connectivity index (χ3v) is 4.01. The summed E-state index contributed by atoms with van der Waals surface area (Å²) in [5, 5.41) is 9.75. The van der Waals surface area contributed by atoms with E-state index >= 15 is 0 Å². The zero-order chi connectivity index (χ0) is 15.0. The van der Waals surface area contributed by atoms with Crippen LogP contribution < -0.4 is 4.74 Å². The van der Waals surface area contributed by atoms with Gasteiger partial charge in [0.25, 0.3) is 0 Å². The summed E-state index contributed by atoms with van der Waals surface area (Å²) < 4.78 is 8.02. The van der Waals surface area contributed by atoms with Gasteiger partial charge in [0.2, 0.25) is 0 Å². The maximum atomic E-state index is 9.75. The SMILES string of the molecule is COc1ccc(-c2nc3c(Br)cc(C)cn3c2CO)cc1. The molecule has 2 heterocycles. The first-order valence-electron chi connectivity index (χ1n) is 6.56. The molecule has 3 rings (SSSR count). The summed E-state index contributed by atoms with van der Waals surface area (Å²) in [6.45, 7) is 1.94. The Labute approximate surface area is 131 Å². The molecule has 1 aromatic carbocycles. The monoisotopic (exact) mass is 346 g/mol. The number of aryl methyl sites for hydroxylation is 1. The number of pyridine rings is 1. The normalized spacial score (nSPS) is 11.0. The number of halogens is 1. The van der Waals surface area contributed by atoms with Crippen LogP contribution in [-0.4, -0.2) is 21.6 Å². The lowest BCUT2D eigenvalue weighted by Gasteiger charge is -2.04. The quantitative estimate of drug-likeness (QED) is 0.788. The Balaban J connectivity index is 2.24. The average molecular weight is 347 g/mol. The Morgan fingerprint density at radius 2 is 2.00 bits per heavy atom. The summed E-state index contributed by atoms with van der Waals surface area (Å²) in [5.41, 5.74) is 4.41. The van der Waals surface area contributed by atoms with Crippen LogP contribution in [0.2, 0.25) is 0 Å². The molecule has 4 nitrogen and oxygen atoms in total. The van der Waals surface area contributed by atoms with Gasteiger partial charge in [-0.1, -0.05) is 0 Å². The standard InChI is InChI=1S/C16H15BrN2O2/c1-10-7-13(17)16-18-15(14(9-20)19(16)8-10)11-3-5-12(21-2)6-4-11/h3-8,20H,9H2,1-2H3. The largest absolute Gasteiger partial charge is 0.497 e. The van der Waals surface area contributed by atoms with Gasteiger partial charge in [-0.05, 0) is 58.7 Å². The van der Waals surface area contributed by atoms with E-state index in [4.69, 9.17) is 4.74 Å². The predicted octanol–water partition coefficient (Wildman–Crippen LogP) is 3.57. The average Bonchev–Trinajstić information content (AvgIpc) is 2.86. The first-order valence-corrected chi connectivity index (χ1v) is 7.35. The Hall–Kier alpha value is -1.85. The molecule has 0 fully saturated rings. The van der Waals surface area contributed by atoms with Gasteiger partial charge in [-0.2, -0.15) is 0 Å². The van der Waals surface area contributed by atoms with Gasteiger partial charge in [-0.25, -0.2) is 4.98 Å². The van der Waals surface area contributed by atoms with Crippen molar-refractivity contribution in [2.75, 3.05) is 7.11 Å². The van der Waals surface area contributed by atoms with Crippen LogP contribution in [0, 0.1) is 6.92 Å². The highest BCUT2D eigenvalue weighted by Gasteiger charge is 2.15. The minimum absolute atomic E-state index is 0.0710. The second kappa shape index (κ2) is 5.50. The lowest BCUT2D eigenvalue weighted by Crippen LogP contribution is -1.95. The second-order valence-corrected chi connectivity index (χ2v) is 5.71. The van der Waals surface area contributed by atoms with Crippen molar-refractivity contribution in [1.29, 1.82) is 0 Å². The van der Waals surface area contributed by atoms with Gasteiger partial charge in [-0.3, -0.25) is 4.40 Å². The van der Waals surface area contributed by atoms with Gasteiger partial charge in [0, 0.05) is 11.8 Å². The zero-order valence-corrected chi connectivity index (χ0v) is 13.4. The van der Waals surface area contributed by atoms with Crippen LogP contribution >= 0.6 is 15.9 Å². The Bertz CT molecular complexity index is 794. The summed E-state index contributed by atoms with van der Waals surface area (Å²) in [7, 11) is 1.64. The van der Waals surface area contributed by atoms with E-state index in [1.807, 2.05) is 47.9 Å². The van der Waals surface area contributed by atoms with Crippen LogP contribution in [0.25, 0.3) is 16.9 Å². The van der Waals surface area contributed by atoms with Crippen molar-refractivity contribution in [2.45, 2.75) is 13.5 Å². The molecule has 1 N–H and O–H groups in total. The maximum Gasteiger partial charge on any atom is 0.152 e. The second-order valence-electron chi connectivity index (χ2n) is 4.85. The van der Waals surface area contributed by atoms with Crippen LogP contribution in [0.3, 0.4) is 0 Å². The van der Waals surface area contributed by atoms with Crippen LogP contribution in [0.4, 0.5) is 0 Å². The molecule has 5 heteroatoms. The molecule has 0 saturated carbocycles. The van der Waals surface area contributed by atoms with Crippen molar-refractivity contribution >= 4 is 21.6 Å². The van der Waals surface area contributed by atoms with Gasteiger partial charge in [0.1, 0.15) is 5.75 Å². The molecule has 3 aromatic rings. The van der Waals surface area contributed by atoms with Gasteiger partial charge in [-0.15, -0.1) is 0 Å². The molecule has 108 valence electrons. The number of hydrogen-bond acceptors (Lipinski definition) is 3. The van der Waals surface area contributed by atoms with Crippen molar-refractivity contribution in [3.63, 3.8) is 0 Å². The predicted molar refractivity (Wildman–Crippen MR) is 85.5 cm³/mol. The third kappa shape index (κ3) is 2.43. The summed E-state index contributed by atoms with van der Waals surface area (Å²) in [6, 6.07) is 9.68. The highest BCUT2D eigenvalue weighted by Crippen LogP contribution is 2.29.